The van der Waals surface area contributed by atoms with Crippen LogP contribution in [0.4, 0.5) is 0 Å². The molecule has 0 aromatic carbocycles. The van der Waals surface area contributed by atoms with Crippen LogP contribution >= 0.6 is 0 Å². The summed E-state index contributed by atoms with van der Waals surface area (Å²) in [4.78, 5) is 45.1. The smallest absolute Gasteiger partial charge is 0.339 e. The van der Waals surface area contributed by atoms with Crippen molar-refractivity contribution in [2.45, 2.75) is 58.4 Å². The second kappa shape index (κ2) is 10.4. The Bertz CT molecular complexity index is 543. The van der Waals surface area contributed by atoms with E-state index in [2.05, 4.69) is 29.8 Å². The minimum absolute atomic E-state index is 0.120. The van der Waals surface area contributed by atoms with Gasteiger partial charge in [0.05, 0.1) is 0 Å². The van der Waals surface area contributed by atoms with Crippen LogP contribution in [0.5, 0.6) is 0 Å². The Morgan fingerprint density at radius 3 is 1.91 bits per heavy atom. The van der Waals surface area contributed by atoms with E-state index in [1.54, 1.807) is 0 Å². The van der Waals surface area contributed by atoms with Crippen molar-refractivity contribution in [1.82, 2.24) is 4.57 Å². The van der Waals surface area contributed by atoms with Crippen LogP contribution in [0.15, 0.2) is 18.3 Å². The molecule has 0 radical (unpaired) electrons. The summed E-state index contributed by atoms with van der Waals surface area (Å²) >= 11 is 0. The third-order valence-corrected chi connectivity index (χ3v) is 4.08. The fraction of sp³-hybridized carbons (Fsp3) is 0.588. The molecule has 0 spiro atoms. The average molecular weight is 321 g/mol. The van der Waals surface area contributed by atoms with Crippen LogP contribution in [-0.4, -0.2) is 22.7 Å². The first-order valence-electron chi connectivity index (χ1n) is 7.58. The molecule has 0 N–H and O–H groups in total. The zero-order valence-corrected chi connectivity index (χ0v) is 13.8. The molecule has 6 heteroatoms. The number of Topliss-reactive ketones (excluding diaryl/α,β-unsaturated/α-hetero) is 1. The summed E-state index contributed by atoms with van der Waals surface area (Å²) in [5, 5.41) is 0. The van der Waals surface area contributed by atoms with Gasteiger partial charge >= 0.3 is 12.3 Å². The Morgan fingerprint density at radius 2 is 1.57 bits per heavy atom. The molecule has 1 heterocycles. The number of rotatable bonds is 3. The highest BCUT2D eigenvalue weighted by molar-refractivity contribution is 5.88. The van der Waals surface area contributed by atoms with E-state index in [-0.39, 0.29) is 23.8 Å². The van der Waals surface area contributed by atoms with Crippen molar-refractivity contribution < 1.29 is 24.0 Å². The molecular formula is C17H23NO5. The lowest BCUT2D eigenvalue weighted by Gasteiger charge is -2.39. The molecule has 0 unspecified atom stereocenters. The lowest BCUT2D eigenvalue weighted by molar-refractivity contribution is -0.193. The van der Waals surface area contributed by atoms with Crippen LogP contribution in [0, 0.1) is 12.8 Å². The number of aromatic nitrogens is 1. The summed E-state index contributed by atoms with van der Waals surface area (Å²) < 4.78 is 2.23. The van der Waals surface area contributed by atoms with E-state index < -0.39 is 0 Å². The zero-order chi connectivity index (χ0) is 17.9. The maximum absolute atomic E-state index is 12.6. The third kappa shape index (κ3) is 5.44. The van der Waals surface area contributed by atoms with Gasteiger partial charge in [-0.05, 0) is 31.9 Å². The highest BCUT2D eigenvalue weighted by Crippen LogP contribution is 2.38. The Morgan fingerprint density at radius 1 is 1.09 bits per heavy atom. The Kier molecular flexibility index (Phi) is 9.40. The van der Waals surface area contributed by atoms with Gasteiger partial charge in [0.2, 0.25) is 0 Å². The van der Waals surface area contributed by atoms with Gasteiger partial charge in [0.25, 0.3) is 0 Å². The van der Waals surface area contributed by atoms with Gasteiger partial charge in [-0.2, -0.15) is 19.2 Å². The minimum atomic E-state index is -0.250. The van der Waals surface area contributed by atoms with Gasteiger partial charge in [0.1, 0.15) is 5.54 Å². The second-order valence-electron chi connectivity index (χ2n) is 5.80. The van der Waals surface area contributed by atoms with E-state index in [1.807, 2.05) is 13.8 Å². The summed E-state index contributed by atoms with van der Waals surface area (Å²) in [6, 6.07) is 4.16. The van der Waals surface area contributed by atoms with Crippen molar-refractivity contribution >= 4 is 18.1 Å². The fourth-order valence-corrected chi connectivity index (χ4v) is 3.23. The first kappa shape index (κ1) is 20.7. The van der Waals surface area contributed by atoms with Gasteiger partial charge in [-0.3, -0.25) is 4.79 Å². The average Bonchev–Trinajstić information content (AvgIpc) is 2.95. The summed E-state index contributed by atoms with van der Waals surface area (Å²) in [6.45, 7) is 6.15. The van der Waals surface area contributed by atoms with E-state index in [9.17, 15) is 4.79 Å². The van der Waals surface area contributed by atoms with E-state index in [4.69, 9.17) is 19.2 Å². The number of hydrogen-bond donors (Lipinski definition) is 0. The van der Waals surface area contributed by atoms with Crippen molar-refractivity contribution in [1.29, 1.82) is 0 Å². The van der Waals surface area contributed by atoms with Crippen LogP contribution in [0.25, 0.3) is 0 Å². The molecular weight excluding hydrogens is 298 g/mol. The molecule has 1 fully saturated rings. The Hall–Kier alpha value is -2.29. The van der Waals surface area contributed by atoms with E-state index >= 15 is 0 Å². The molecule has 0 amide bonds. The van der Waals surface area contributed by atoms with Crippen LogP contribution in [0.2, 0.25) is 0 Å². The summed E-state index contributed by atoms with van der Waals surface area (Å²) in [7, 11) is 0. The van der Waals surface area contributed by atoms with Crippen LogP contribution in [0.1, 0.15) is 51.6 Å². The maximum Gasteiger partial charge on any atom is 0.373 e. The minimum Gasteiger partial charge on any atom is -0.339 e. The third-order valence-electron chi connectivity index (χ3n) is 4.08. The molecule has 1 saturated carbocycles. The molecule has 2 rings (SSSR count). The number of hydrogen-bond acceptors (Lipinski definition) is 5. The molecule has 126 valence electrons. The van der Waals surface area contributed by atoms with E-state index in [1.165, 1.54) is 25.0 Å². The SMILES string of the molecule is Cc1cccn1C1(C(=O)C(C)C)CCCCC1.O=C=O.O=C=O. The fourth-order valence-electron chi connectivity index (χ4n) is 3.23. The van der Waals surface area contributed by atoms with Gasteiger partial charge in [-0.15, -0.1) is 0 Å². The number of ketones is 1. The van der Waals surface area contributed by atoms with Gasteiger partial charge in [-0.1, -0.05) is 33.1 Å². The zero-order valence-electron chi connectivity index (χ0n) is 13.8. The molecule has 1 aliphatic rings. The van der Waals surface area contributed by atoms with Gasteiger partial charge in [0.15, 0.2) is 5.78 Å². The lowest BCUT2D eigenvalue weighted by Crippen LogP contribution is -2.46. The predicted octanol–water partition coefficient (Wildman–Crippen LogP) is 2.51. The molecule has 0 aliphatic heterocycles. The number of nitrogens with zero attached hydrogens (tertiary/aromatic N) is 1. The molecule has 0 bridgehead atoms. The molecule has 1 aliphatic carbocycles. The monoisotopic (exact) mass is 321 g/mol. The van der Waals surface area contributed by atoms with Crippen LogP contribution in [-0.2, 0) is 29.5 Å². The number of aryl methyl sites for hydroxylation is 1. The maximum atomic E-state index is 12.6. The molecule has 1 aromatic heterocycles. The number of carbonyl (C=O) groups is 1. The van der Waals surface area contributed by atoms with Crippen molar-refractivity contribution in [3.8, 4) is 0 Å². The lowest BCUT2D eigenvalue weighted by atomic mass is 9.75. The second-order valence-corrected chi connectivity index (χ2v) is 5.80. The highest BCUT2D eigenvalue weighted by atomic mass is 16.2. The molecule has 6 nitrogen and oxygen atoms in total. The Balaban J connectivity index is 0.000000704. The number of carbonyl (C=O) groups excluding carboxylic acids is 5. The largest absolute Gasteiger partial charge is 0.373 e. The summed E-state index contributed by atoms with van der Waals surface area (Å²) in [6.07, 6.45) is 8.24. The molecule has 0 atom stereocenters. The first-order chi connectivity index (χ1) is 10.9. The molecule has 1 aromatic rings. The van der Waals surface area contributed by atoms with Crippen molar-refractivity contribution in [2.75, 3.05) is 0 Å². The first-order valence-corrected chi connectivity index (χ1v) is 7.58. The summed E-state index contributed by atoms with van der Waals surface area (Å²) in [5.74, 6) is 0.534. The Labute approximate surface area is 135 Å². The van der Waals surface area contributed by atoms with E-state index in [0.29, 0.717) is 5.78 Å². The van der Waals surface area contributed by atoms with Crippen LogP contribution < -0.4 is 0 Å². The standard InChI is InChI=1S/C15H23NO.2CO2/c1-12(2)14(17)15(9-5-4-6-10-15)16-11-7-8-13(16)3;2*2-1-3/h7-8,11-12H,4-6,9-10H2,1-3H3;;. The summed E-state index contributed by atoms with van der Waals surface area (Å²) in [5.41, 5.74) is 0.959. The normalized spacial score (nSPS) is 15.1. The topological polar surface area (TPSA) is 90.3 Å². The quantitative estimate of drug-likeness (QED) is 0.853. The van der Waals surface area contributed by atoms with Gasteiger partial charge < -0.3 is 4.57 Å². The molecule has 23 heavy (non-hydrogen) atoms. The van der Waals surface area contributed by atoms with Crippen molar-refractivity contribution in [3.05, 3.63) is 24.0 Å². The molecule has 0 saturated heterocycles. The van der Waals surface area contributed by atoms with E-state index in [0.717, 1.165) is 12.8 Å². The van der Waals surface area contributed by atoms with Crippen LogP contribution in [0.3, 0.4) is 0 Å². The van der Waals surface area contributed by atoms with Crippen molar-refractivity contribution in [3.63, 3.8) is 0 Å². The van der Waals surface area contributed by atoms with Gasteiger partial charge in [-0.25, -0.2) is 0 Å². The highest BCUT2D eigenvalue weighted by Gasteiger charge is 2.41. The van der Waals surface area contributed by atoms with Crippen molar-refractivity contribution in [2.24, 2.45) is 5.92 Å². The predicted molar refractivity (Wildman–Crippen MR) is 80.1 cm³/mol. The van der Waals surface area contributed by atoms with Gasteiger partial charge in [0, 0.05) is 17.8 Å².